The van der Waals surface area contributed by atoms with E-state index in [1.54, 1.807) is 27.7 Å². The highest BCUT2D eigenvalue weighted by molar-refractivity contribution is 6.00. The van der Waals surface area contributed by atoms with Crippen molar-refractivity contribution in [3.05, 3.63) is 53.6 Å². The van der Waals surface area contributed by atoms with Gasteiger partial charge in [0.1, 0.15) is 23.7 Å². The summed E-state index contributed by atoms with van der Waals surface area (Å²) in [6.07, 6.45) is 1.31. The lowest BCUT2D eigenvalue weighted by Crippen LogP contribution is -2.60. The zero-order chi connectivity index (χ0) is 41.5. The fourth-order valence-corrected chi connectivity index (χ4v) is 8.57. The smallest absolute Gasteiger partial charge is 0.316 e. The van der Waals surface area contributed by atoms with Crippen molar-refractivity contribution in [2.75, 3.05) is 27.3 Å². The topological polar surface area (TPSA) is 153 Å². The number of carbonyl (C=O) groups is 3. The van der Waals surface area contributed by atoms with E-state index in [1.165, 1.54) is 6.92 Å². The second-order valence-electron chi connectivity index (χ2n) is 16.7. The number of amides is 1. The molecule has 12 heteroatoms. The number of likely N-dealkylation sites (N-methyl/N-ethyl adjacent to an activating group) is 1. The Kier molecular flexibility index (Phi) is 15.9. The Morgan fingerprint density at radius 3 is 2.34 bits per heavy atom. The molecule has 5 unspecified atom stereocenters. The average molecular weight is 783 g/mol. The number of ether oxygens (including phenoxy) is 5. The van der Waals surface area contributed by atoms with E-state index in [1.807, 2.05) is 95.3 Å². The monoisotopic (exact) mass is 782 g/mol. The number of aliphatic imine (C=N–C) groups is 1. The quantitative estimate of drug-likeness (QED) is 0.263. The lowest BCUT2D eigenvalue weighted by molar-refractivity contribution is -0.296. The SMILES string of the molecule is CCC(=O)N=C1C(C)C[C@@]2(C)OC/C(=C\C=C\c3ccccc3)COC(C1C)[C@](C)(O)[C@H](CC)OC(=O)[C@H](C)C(=O)[C@H](C)C2O[C@@H]1O[C@H](C)C[C@H](N(C)C)C1O. The van der Waals surface area contributed by atoms with Gasteiger partial charge in [-0.15, -0.1) is 0 Å². The molecule has 312 valence electrons. The Morgan fingerprint density at radius 2 is 1.71 bits per heavy atom. The maximum absolute atomic E-state index is 14.5. The van der Waals surface area contributed by atoms with Crippen molar-refractivity contribution in [3.8, 4) is 0 Å². The summed E-state index contributed by atoms with van der Waals surface area (Å²) in [5.41, 5.74) is -0.884. The van der Waals surface area contributed by atoms with Crippen LogP contribution in [0.5, 0.6) is 0 Å². The van der Waals surface area contributed by atoms with Gasteiger partial charge >= 0.3 is 5.97 Å². The number of Topliss-reactive ketones (excluding diaryl/α,β-unsaturated/α-hetero) is 1. The Labute approximate surface area is 333 Å². The molecule has 0 aliphatic carbocycles. The minimum absolute atomic E-state index is 0.0109. The number of hydrogen-bond acceptors (Lipinski definition) is 11. The normalized spacial score (nSPS) is 39.6. The van der Waals surface area contributed by atoms with Crippen LogP contribution in [0, 0.1) is 23.7 Å². The third kappa shape index (κ3) is 10.7. The van der Waals surface area contributed by atoms with Crippen molar-refractivity contribution < 1.29 is 48.3 Å². The summed E-state index contributed by atoms with van der Waals surface area (Å²) in [4.78, 5) is 48.1. The Morgan fingerprint density at radius 1 is 1.04 bits per heavy atom. The van der Waals surface area contributed by atoms with Crippen LogP contribution in [0.2, 0.25) is 0 Å². The van der Waals surface area contributed by atoms with E-state index in [4.69, 9.17) is 23.7 Å². The van der Waals surface area contributed by atoms with Crippen LogP contribution in [0.25, 0.3) is 6.08 Å². The molecule has 2 bridgehead atoms. The van der Waals surface area contributed by atoms with Gasteiger partial charge in [-0.05, 0) is 78.1 Å². The zero-order valence-corrected chi connectivity index (χ0v) is 35.3. The van der Waals surface area contributed by atoms with Gasteiger partial charge in [-0.2, -0.15) is 0 Å². The second kappa shape index (κ2) is 19.6. The number of nitrogens with zero attached hydrogens (tertiary/aromatic N) is 2. The van der Waals surface area contributed by atoms with Crippen molar-refractivity contribution in [2.45, 2.75) is 142 Å². The fourth-order valence-electron chi connectivity index (χ4n) is 8.57. The first-order valence-electron chi connectivity index (χ1n) is 20.2. The molecule has 1 aromatic carbocycles. The predicted octanol–water partition coefficient (Wildman–Crippen LogP) is 5.58. The van der Waals surface area contributed by atoms with E-state index in [0.29, 0.717) is 12.1 Å². The molecule has 3 aliphatic heterocycles. The fraction of sp³-hybridized carbons (Fsp3) is 0.682. The first kappa shape index (κ1) is 45.6. The number of benzene rings is 1. The molecule has 1 aromatic rings. The van der Waals surface area contributed by atoms with Gasteiger partial charge in [0, 0.05) is 30.0 Å². The van der Waals surface area contributed by atoms with Crippen LogP contribution in [0.1, 0.15) is 93.6 Å². The molecule has 0 radical (unpaired) electrons. The molecular weight excluding hydrogens is 716 g/mol. The van der Waals surface area contributed by atoms with Crippen molar-refractivity contribution in [1.82, 2.24) is 4.90 Å². The Bertz CT molecular complexity index is 1590. The number of fused-ring (bicyclic) bond motifs is 5. The third-order valence-corrected chi connectivity index (χ3v) is 11.8. The maximum Gasteiger partial charge on any atom is 0.316 e. The van der Waals surface area contributed by atoms with Gasteiger partial charge in [-0.1, -0.05) is 83.2 Å². The van der Waals surface area contributed by atoms with Crippen LogP contribution >= 0.6 is 0 Å². The van der Waals surface area contributed by atoms with Crippen LogP contribution in [-0.2, 0) is 38.1 Å². The first-order chi connectivity index (χ1) is 26.3. The molecule has 0 aromatic heterocycles. The van der Waals surface area contributed by atoms with Gasteiger partial charge in [0.2, 0.25) is 5.91 Å². The van der Waals surface area contributed by atoms with Crippen LogP contribution in [0.3, 0.4) is 0 Å². The molecule has 3 saturated heterocycles. The Balaban J connectivity index is 1.98. The van der Waals surface area contributed by atoms with E-state index in [2.05, 4.69) is 4.99 Å². The summed E-state index contributed by atoms with van der Waals surface area (Å²) in [6, 6.07) is 9.55. The molecule has 4 rings (SSSR count). The number of esters is 1. The molecule has 56 heavy (non-hydrogen) atoms. The number of allylic oxidation sites excluding steroid dienone is 2. The number of aliphatic hydroxyl groups is 2. The molecule has 12 nitrogen and oxygen atoms in total. The Hall–Kier alpha value is -3.10. The van der Waals surface area contributed by atoms with Gasteiger partial charge in [-0.3, -0.25) is 14.4 Å². The van der Waals surface area contributed by atoms with Gasteiger partial charge in [-0.25, -0.2) is 4.99 Å². The third-order valence-electron chi connectivity index (χ3n) is 11.8. The number of ketones is 1. The van der Waals surface area contributed by atoms with Crippen molar-refractivity contribution in [3.63, 3.8) is 0 Å². The van der Waals surface area contributed by atoms with Gasteiger partial charge in [0.05, 0.1) is 37.1 Å². The van der Waals surface area contributed by atoms with E-state index in [-0.39, 0.29) is 50.5 Å². The van der Waals surface area contributed by atoms with E-state index in [9.17, 15) is 24.6 Å². The number of hydrogen-bond donors (Lipinski definition) is 2. The molecule has 3 fully saturated rings. The molecule has 1 amide bonds. The van der Waals surface area contributed by atoms with Crippen molar-refractivity contribution in [2.24, 2.45) is 28.7 Å². The molecule has 0 saturated carbocycles. The lowest BCUT2D eigenvalue weighted by atomic mass is 9.73. The summed E-state index contributed by atoms with van der Waals surface area (Å²) in [5, 5.41) is 24.1. The van der Waals surface area contributed by atoms with Gasteiger partial charge < -0.3 is 38.8 Å². The summed E-state index contributed by atoms with van der Waals surface area (Å²) >= 11 is 0. The van der Waals surface area contributed by atoms with Gasteiger partial charge in [0.15, 0.2) is 12.1 Å². The lowest BCUT2D eigenvalue weighted by Gasteiger charge is -2.47. The molecule has 0 spiro atoms. The van der Waals surface area contributed by atoms with Crippen molar-refractivity contribution >= 4 is 29.4 Å². The molecular formula is C44H66N2O10. The minimum atomic E-state index is -1.78. The van der Waals surface area contributed by atoms with E-state index in [0.717, 1.165) is 11.1 Å². The van der Waals surface area contributed by atoms with Gasteiger partial charge in [0.25, 0.3) is 0 Å². The highest BCUT2D eigenvalue weighted by Crippen LogP contribution is 2.40. The first-order valence-corrected chi connectivity index (χ1v) is 20.2. The number of carbonyl (C=O) groups excluding carboxylic acids is 3. The summed E-state index contributed by atoms with van der Waals surface area (Å²) in [6.45, 7) is 15.9. The highest BCUT2D eigenvalue weighted by Gasteiger charge is 2.53. The molecule has 3 aliphatic rings. The summed E-state index contributed by atoms with van der Waals surface area (Å²) < 4.78 is 32.7. The minimum Gasteiger partial charge on any atom is -0.459 e. The zero-order valence-electron chi connectivity index (χ0n) is 35.3. The van der Waals surface area contributed by atoms with Crippen molar-refractivity contribution in [1.29, 1.82) is 0 Å². The second-order valence-corrected chi connectivity index (χ2v) is 16.7. The van der Waals surface area contributed by atoms with Crippen LogP contribution in [0.15, 0.2) is 53.0 Å². The highest BCUT2D eigenvalue weighted by atomic mass is 16.7. The molecule has 3 heterocycles. The number of rotatable bonds is 7. The number of cyclic esters (lactones) is 1. The van der Waals surface area contributed by atoms with E-state index >= 15 is 0 Å². The molecule has 13 atom stereocenters. The van der Waals surface area contributed by atoms with Crippen LogP contribution < -0.4 is 0 Å². The summed E-state index contributed by atoms with van der Waals surface area (Å²) in [5.74, 6) is -4.89. The van der Waals surface area contributed by atoms with Crippen LogP contribution in [-0.4, -0.2) is 120 Å². The van der Waals surface area contributed by atoms with E-state index < -0.39 is 77.3 Å². The average Bonchev–Trinajstić information content (AvgIpc) is 3.17. The standard InChI is InChI=1S/C44H66N2O10/c1-12-34-44(9,51)40-28(5)36(45-35(47)13-2)26(3)23-43(8,53-25-32(24-52-40)21-17-20-31-18-15-14-16-19-31)39(29(6)37(48)30(7)41(50)55-34)56-42-38(49)33(46(10)11)22-27(4)54-42/h14-21,26-30,33-34,38-40,42,49,51H,12-13,22-25H2,1-11H3/b20-17+,32-21-,45-36?/t26?,27-,28?,29+,30-,33+,34+,38?,39?,40?,42+,43-,44-/m1/s1. The largest absolute Gasteiger partial charge is 0.459 e. The number of aliphatic hydroxyl groups excluding tert-OH is 1. The molecule has 2 N–H and O–H groups in total. The predicted molar refractivity (Wildman–Crippen MR) is 215 cm³/mol. The maximum atomic E-state index is 14.5. The summed E-state index contributed by atoms with van der Waals surface area (Å²) in [7, 11) is 3.77. The van der Waals surface area contributed by atoms with Crippen LogP contribution in [0.4, 0.5) is 0 Å².